The van der Waals surface area contributed by atoms with E-state index in [9.17, 15) is 49.7 Å². The Balaban J connectivity index is 2.07. The molecule has 6 N–H and O–H groups in total. The minimum Gasteiger partial charge on any atom is -0.508 e. The van der Waals surface area contributed by atoms with E-state index in [4.69, 9.17) is 10.5 Å². The number of benzene rings is 1. The number of amides is 1. The van der Waals surface area contributed by atoms with E-state index in [1.165, 1.54) is 13.0 Å². The first-order valence-corrected chi connectivity index (χ1v) is 10.6. The van der Waals surface area contributed by atoms with Gasteiger partial charge in [0.1, 0.15) is 23.2 Å². The van der Waals surface area contributed by atoms with Crippen LogP contribution in [0.2, 0.25) is 0 Å². The predicted molar refractivity (Wildman–Crippen MR) is 119 cm³/mol. The number of hydrogen-bond donors (Lipinski definition) is 5. The van der Waals surface area contributed by atoms with Crippen molar-refractivity contribution < 1.29 is 49.3 Å². The molecule has 3 aliphatic rings. The van der Waals surface area contributed by atoms with Crippen LogP contribution in [0.25, 0.3) is 11.3 Å². The summed E-state index contributed by atoms with van der Waals surface area (Å²) in [5, 5.41) is 55.1. The second kappa shape index (κ2) is 8.02. The third kappa shape index (κ3) is 3.05. The number of carbonyl (C=O) groups is 4. The van der Waals surface area contributed by atoms with Gasteiger partial charge in [0, 0.05) is 24.8 Å². The van der Waals surface area contributed by atoms with Crippen molar-refractivity contribution in [2.45, 2.75) is 31.5 Å². The molecular formula is C23H20N2O11. The predicted octanol–water partition coefficient (Wildman–Crippen LogP) is 0.734. The van der Waals surface area contributed by atoms with Crippen molar-refractivity contribution in [3.8, 4) is 5.75 Å². The Labute approximate surface area is 201 Å². The van der Waals surface area contributed by atoms with Crippen LogP contribution >= 0.6 is 0 Å². The summed E-state index contributed by atoms with van der Waals surface area (Å²) < 4.78 is 5.48. The normalized spacial score (nSPS) is 27.3. The Bertz CT molecular complexity index is 1370. The highest BCUT2D eigenvalue weighted by atomic mass is 16.6. The van der Waals surface area contributed by atoms with E-state index >= 15 is 0 Å². The number of Topliss-reactive ketones (excluding diaryl/α,β-unsaturated/α-hetero) is 2. The summed E-state index contributed by atoms with van der Waals surface area (Å²) >= 11 is 0. The Kier molecular flexibility index (Phi) is 5.48. The summed E-state index contributed by atoms with van der Waals surface area (Å²) in [6.07, 6.45) is -2.45. The van der Waals surface area contributed by atoms with Crippen LogP contribution in [0.1, 0.15) is 30.9 Å². The van der Waals surface area contributed by atoms with Crippen molar-refractivity contribution >= 4 is 40.5 Å². The molecule has 36 heavy (non-hydrogen) atoms. The Morgan fingerprint density at radius 1 is 1.28 bits per heavy atom. The molecule has 1 aromatic rings. The molecule has 1 saturated carbocycles. The van der Waals surface area contributed by atoms with Gasteiger partial charge in [0.05, 0.1) is 22.0 Å². The molecule has 1 aromatic carbocycles. The molecule has 1 amide bonds. The van der Waals surface area contributed by atoms with Gasteiger partial charge >= 0.3 is 11.7 Å². The number of hydrogen-bond acceptors (Lipinski definition) is 11. The van der Waals surface area contributed by atoms with Gasteiger partial charge in [0.2, 0.25) is 11.5 Å². The molecular weight excluding hydrogens is 480 g/mol. The van der Waals surface area contributed by atoms with Crippen LogP contribution in [-0.4, -0.2) is 60.5 Å². The largest absolute Gasteiger partial charge is 0.508 e. The average molecular weight is 500 g/mol. The van der Waals surface area contributed by atoms with Crippen LogP contribution in [0.3, 0.4) is 0 Å². The summed E-state index contributed by atoms with van der Waals surface area (Å²) in [4.78, 5) is 60.8. The van der Waals surface area contributed by atoms with E-state index in [0.29, 0.717) is 0 Å². The fourth-order valence-corrected chi connectivity index (χ4v) is 5.12. The standard InChI is InChI=1S/C23H20N2O11/c1-3-12(27)36-19-9-6-11(26)15(22(24)32)20(30)23(9,33)21(31)16-13(19)7(2)8-4-5-10(25(34)35)17(28)14(8)18(16)29/h4-5,9,13,19,28-30,33H,2-3,6H2,1H3,(H2,24,32)/t9-,13-,19-,23-/m1/s1. The Hall–Kier alpha value is -4.52. The molecule has 0 aromatic heterocycles. The first-order chi connectivity index (χ1) is 16.8. The molecule has 4 rings (SSSR count). The zero-order valence-corrected chi connectivity index (χ0v) is 18.7. The first-order valence-electron chi connectivity index (χ1n) is 10.6. The van der Waals surface area contributed by atoms with Gasteiger partial charge in [-0.15, -0.1) is 0 Å². The van der Waals surface area contributed by atoms with Gasteiger partial charge in [-0.1, -0.05) is 13.5 Å². The van der Waals surface area contributed by atoms with Crippen molar-refractivity contribution in [2.75, 3.05) is 0 Å². The number of ketones is 2. The second-order valence-corrected chi connectivity index (χ2v) is 8.60. The molecule has 0 aliphatic heterocycles. The van der Waals surface area contributed by atoms with Crippen LogP contribution in [0.15, 0.2) is 35.6 Å². The number of aromatic hydroxyl groups is 1. The van der Waals surface area contributed by atoms with Crippen LogP contribution in [-0.2, 0) is 23.9 Å². The third-order valence-corrected chi connectivity index (χ3v) is 6.81. The van der Waals surface area contributed by atoms with Crippen LogP contribution < -0.4 is 5.73 Å². The molecule has 13 nitrogen and oxygen atoms in total. The number of nitro groups is 1. The fraction of sp³-hybridized carbons (Fsp3) is 0.304. The second-order valence-electron chi connectivity index (χ2n) is 8.60. The van der Waals surface area contributed by atoms with Crippen molar-refractivity contribution in [3.63, 3.8) is 0 Å². The molecule has 188 valence electrons. The smallest absolute Gasteiger partial charge is 0.311 e. The maximum atomic E-state index is 13.7. The van der Waals surface area contributed by atoms with Crippen molar-refractivity contribution in [2.24, 2.45) is 17.6 Å². The third-order valence-electron chi connectivity index (χ3n) is 6.81. The average Bonchev–Trinajstić information content (AvgIpc) is 2.80. The lowest BCUT2D eigenvalue weighted by atomic mass is 9.56. The number of nitro benzene ring substituents is 1. The number of esters is 1. The highest BCUT2D eigenvalue weighted by Crippen LogP contribution is 2.56. The number of primary amides is 1. The molecule has 0 spiro atoms. The summed E-state index contributed by atoms with van der Waals surface area (Å²) in [5.41, 5.74) is -0.982. The fourth-order valence-electron chi connectivity index (χ4n) is 5.12. The van der Waals surface area contributed by atoms with E-state index in [2.05, 4.69) is 6.58 Å². The van der Waals surface area contributed by atoms with E-state index in [1.807, 2.05) is 0 Å². The lowest BCUT2D eigenvalue weighted by Gasteiger charge is -2.50. The van der Waals surface area contributed by atoms with Gasteiger partial charge in [-0.25, -0.2) is 0 Å². The van der Waals surface area contributed by atoms with Crippen molar-refractivity contribution in [1.29, 1.82) is 0 Å². The van der Waals surface area contributed by atoms with Gasteiger partial charge in [0.15, 0.2) is 11.4 Å². The molecule has 0 unspecified atom stereocenters. The first kappa shape index (κ1) is 24.6. The summed E-state index contributed by atoms with van der Waals surface area (Å²) in [6.45, 7) is 5.32. The minimum absolute atomic E-state index is 0.0140. The quantitative estimate of drug-likeness (QED) is 0.167. The Morgan fingerprint density at radius 2 is 1.92 bits per heavy atom. The number of nitrogens with zero attached hydrogens (tertiary/aromatic N) is 1. The number of aliphatic hydroxyl groups excluding tert-OH is 2. The summed E-state index contributed by atoms with van der Waals surface area (Å²) in [6, 6.07) is 2.12. The Morgan fingerprint density at radius 3 is 2.47 bits per heavy atom. The van der Waals surface area contributed by atoms with Crippen molar-refractivity contribution in [3.05, 3.63) is 56.9 Å². The summed E-state index contributed by atoms with van der Waals surface area (Å²) in [5.74, 6) is -11.0. The highest BCUT2D eigenvalue weighted by molar-refractivity contribution is 6.23. The van der Waals surface area contributed by atoms with Crippen LogP contribution in [0.4, 0.5) is 5.69 Å². The number of carbonyl (C=O) groups excluding carboxylic acids is 4. The maximum Gasteiger partial charge on any atom is 0.311 e. The zero-order chi connectivity index (χ0) is 26.9. The molecule has 0 heterocycles. The number of phenolic OH excluding ortho intramolecular Hbond substituents is 1. The van der Waals surface area contributed by atoms with Gasteiger partial charge in [0.25, 0.3) is 5.91 Å². The monoisotopic (exact) mass is 500 g/mol. The van der Waals surface area contributed by atoms with E-state index in [-0.39, 0.29) is 17.6 Å². The topological polar surface area (TPSA) is 228 Å². The van der Waals surface area contributed by atoms with E-state index in [1.54, 1.807) is 0 Å². The number of nitrogens with two attached hydrogens (primary N) is 1. The number of phenols is 1. The molecule has 0 saturated heterocycles. The number of ether oxygens (including phenoxy) is 1. The van der Waals surface area contributed by atoms with Crippen LogP contribution in [0, 0.1) is 22.0 Å². The van der Waals surface area contributed by atoms with Gasteiger partial charge in [-0.2, -0.15) is 0 Å². The van der Waals surface area contributed by atoms with E-state index < -0.39 is 98.0 Å². The lowest BCUT2D eigenvalue weighted by molar-refractivity contribution is -0.385. The minimum atomic E-state index is -3.04. The molecule has 3 aliphatic carbocycles. The molecule has 0 bridgehead atoms. The van der Waals surface area contributed by atoms with Gasteiger partial charge in [-0.05, 0) is 17.2 Å². The van der Waals surface area contributed by atoms with Crippen molar-refractivity contribution in [1.82, 2.24) is 0 Å². The number of fused-ring (bicyclic) bond motifs is 3. The van der Waals surface area contributed by atoms with Gasteiger partial charge in [-0.3, -0.25) is 29.3 Å². The number of rotatable bonds is 4. The molecule has 1 fully saturated rings. The lowest BCUT2D eigenvalue weighted by Crippen LogP contribution is -2.64. The zero-order valence-electron chi connectivity index (χ0n) is 18.7. The maximum absolute atomic E-state index is 13.7. The molecule has 13 heteroatoms. The molecule has 0 radical (unpaired) electrons. The van der Waals surface area contributed by atoms with Crippen LogP contribution in [0.5, 0.6) is 5.75 Å². The summed E-state index contributed by atoms with van der Waals surface area (Å²) in [7, 11) is 0. The van der Waals surface area contributed by atoms with Gasteiger partial charge < -0.3 is 30.9 Å². The highest BCUT2D eigenvalue weighted by Gasteiger charge is 2.66. The van der Waals surface area contributed by atoms with E-state index in [0.717, 1.165) is 6.07 Å². The SMILES string of the molecule is C=C1c2ccc([N+](=O)[O-])c(O)c2C(O)=C2C(=O)[C@]3(O)C(O)=C(C(N)=O)C(=O)C[C@@H]3[C@@H](OC(=O)CC)[C@H]12. The molecule has 4 atom stereocenters. The number of aliphatic hydroxyl groups is 3.